The van der Waals surface area contributed by atoms with Crippen molar-refractivity contribution in [2.75, 3.05) is 12.4 Å². The normalized spacial score (nSPS) is 13.2. The molecule has 0 aliphatic rings. The van der Waals surface area contributed by atoms with Gasteiger partial charge in [-0.05, 0) is 37.1 Å². The van der Waals surface area contributed by atoms with Crippen LogP contribution in [0.25, 0.3) is 16.8 Å². The van der Waals surface area contributed by atoms with Gasteiger partial charge in [-0.1, -0.05) is 19.1 Å². The van der Waals surface area contributed by atoms with E-state index in [4.69, 9.17) is 5.73 Å². The van der Waals surface area contributed by atoms with Crippen LogP contribution >= 0.6 is 0 Å². The molecule has 0 radical (unpaired) electrons. The molecule has 0 saturated carbocycles. The molecule has 0 saturated heterocycles. The van der Waals surface area contributed by atoms with Crippen LogP contribution in [-0.4, -0.2) is 43.0 Å². The highest BCUT2D eigenvalue weighted by Gasteiger charge is 2.19. The second-order valence-electron chi connectivity index (χ2n) is 7.59. The van der Waals surface area contributed by atoms with Crippen LogP contribution < -0.4 is 11.1 Å². The zero-order chi connectivity index (χ0) is 22.8. The van der Waals surface area contributed by atoms with Crippen LogP contribution in [0, 0.1) is 5.82 Å². The lowest BCUT2D eigenvalue weighted by Crippen LogP contribution is -2.34. The molecule has 4 rings (SSSR count). The third-order valence-electron chi connectivity index (χ3n) is 5.20. The molecule has 3 N–H and O–H groups in total. The van der Waals surface area contributed by atoms with Gasteiger partial charge in [0.05, 0.1) is 23.8 Å². The number of rotatable bonds is 7. The summed E-state index contributed by atoms with van der Waals surface area (Å²) in [5, 5.41) is 11.2. The Bertz CT molecular complexity index is 1250. The first-order chi connectivity index (χ1) is 15.4. The minimum atomic E-state index is -0.689. The Morgan fingerprint density at radius 2 is 1.97 bits per heavy atom. The summed E-state index contributed by atoms with van der Waals surface area (Å²) in [5.41, 5.74) is 8.59. The quantitative estimate of drug-likeness (QED) is 0.459. The Labute approximate surface area is 183 Å². The molecule has 166 valence electrons. The van der Waals surface area contributed by atoms with Crippen molar-refractivity contribution in [2.45, 2.75) is 32.4 Å². The smallest absolute Gasteiger partial charge is 0.255 e. The van der Waals surface area contributed by atoms with Crippen molar-refractivity contribution in [3.8, 4) is 11.1 Å². The number of aromatic nitrogens is 5. The molecule has 32 heavy (non-hydrogen) atoms. The number of anilines is 1. The Morgan fingerprint density at radius 3 is 2.66 bits per heavy atom. The molecule has 10 heteroatoms. The molecule has 3 aromatic heterocycles. The van der Waals surface area contributed by atoms with E-state index in [1.54, 1.807) is 42.2 Å². The average Bonchev–Trinajstić information content (AvgIpc) is 3.40. The van der Waals surface area contributed by atoms with Gasteiger partial charge in [0.1, 0.15) is 12.5 Å². The largest absolute Gasteiger partial charge is 0.366 e. The molecule has 0 fully saturated rings. The first-order valence-electron chi connectivity index (χ1n) is 10.2. The van der Waals surface area contributed by atoms with E-state index in [2.05, 4.69) is 20.5 Å². The molecule has 3 heterocycles. The standard InChI is InChI=1S/C22H23F2N7O/c1-3-19(14-4-6-17(24)7-5-14)30-12-16(10-26-30)15-8-18(21(32)27-13(2)9-23)20-28-22(25)29-31(20)11-15/h4-8,10-13,19H,3,9H2,1-2H3,(H2,25,29)(H,27,32). The maximum atomic E-state index is 13.3. The highest BCUT2D eigenvalue weighted by atomic mass is 19.1. The van der Waals surface area contributed by atoms with E-state index in [1.165, 1.54) is 16.6 Å². The molecule has 8 nitrogen and oxygen atoms in total. The molecule has 4 aromatic rings. The number of pyridine rings is 1. The van der Waals surface area contributed by atoms with Crippen molar-refractivity contribution < 1.29 is 13.6 Å². The number of alkyl halides is 1. The highest BCUT2D eigenvalue weighted by Crippen LogP contribution is 2.27. The van der Waals surface area contributed by atoms with Gasteiger partial charge >= 0.3 is 0 Å². The van der Waals surface area contributed by atoms with E-state index in [-0.39, 0.29) is 29.0 Å². The van der Waals surface area contributed by atoms with Crippen molar-refractivity contribution in [3.63, 3.8) is 0 Å². The van der Waals surface area contributed by atoms with Crippen LogP contribution in [-0.2, 0) is 0 Å². The summed E-state index contributed by atoms with van der Waals surface area (Å²) >= 11 is 0. The SMILES string of the molecule is CCC(c1ccc(F)cc1)n1cc(-c2cc(C(=O)NC(C)CF)c3nc(N)nn3c2)cn1. The zero-order valence-corrected chi connectivity index (χ0v) is 17.7. The van der Waals surface area contributed by atoms with Crippen molar-refractivity contribution in [1.29, 1.82) is 0 Å². The van der Waals surface area contributed by atoms with Crippen LogP contribution in [0.4, 0.5) is 14.7 Å². The van der Waals surface area contributed by atoms with E-state index in [1.807, 2.05) is 13.1 Å². The van der Waals surface area contributed by atoms with Gasteiger partial charge in [-0.15, -0.1) is 5.10 Å². The maximum absolute atomic E-state index is 13.3. The van der Waals surface area contributed by atoms with Crippen LogP contribution in [0.15, 0.2) is 48.9 Å². The Kier molecular flexibility index (Phi) is 5.85. The third-order valence-corrected chi connectivity index (χ3v) is 5.20. The minimum Gasteiger partial charge on any atom is -0.366 e. The van der Waals surface area contributed by atoms with Crippen molar-refractivity contribution in [3.05, 3.63) is 65.9 Å². The van der Waals surface area contributed by atoms with E-state index in [0.29, 0.717) is 5.56 Å². The summed E-state index contributed by atoms with van der Waals surface area (Å²) in [7, 11) is 0. The number of fused-ring (bicyclic) bond motifs is 1. The lowest BCUT2D eigenvalue weighted by atomic mass is 10.0. The van der Waals surface area contributed by atoms with Crippen molar-refractivity contribution in [2.24, 2.45) is 0 Å². The molecule has 0 aliphatic heterocycles. The number of nitrogen functional groups attached to an aromatic ring is 1. The average molecular weight is 439 g/mol. The lowest BCUT2D eigenvalue weighted by Gasteiger charge is -2.16. The van der Waals surface area contributed by atoms with Gasteiger partial charge in [-0.25, -0.2) is 13.3 Å². The molecule has 1 amide bonds. The number of carbonyl (C=O) groups is 1. The third kappa shape index (κ3) is 4.16. The number of carbonyl (C=O) groups excluding carboxylic acids is 1. The predicted octanol–water partition coefficient (Wildman–Crippen LogP) is 3.40. The van der Waals surface area contributed by atoms with Crippen LogP contribution in [0.2, 0.25) is 0 Å². The summed E-state index contributed by atoms with van der Waals surface area (Å²) in [6.07, 6.45) is 5.98. The van der Waals surface area contributed by atoms with Crippen molar-refractivity contribution >= 4 is 17.5 Å². The topological polar surface area (TPSA) is 103 Å². The number of nitrogens with one attached hydrogen (secondary N) is 1. The van der Waals surface area contributed by atoms with Crippen molar-refractivity contribution in [1.82, 2.24) is 29.7 Å². The highest BCUT2D eigenvalue weighted by molar-refractivity contribution is 6.01. The number of hydrogen-bond acceptors (Lipinski definition) is 5. The molecule has 2 atom stereocenters. The predicted molar refractivity (Wildman–Crippen MR) is 116 cm³/mol. The summed E-state index contributed by atoms with van der Waals surface area (Å²) in [6, 6.07) is 7.26. The van der Waals surface area contributed by atoms with Gasteiger partial charge in [0, 0.05) is 23.5 Å². The fourth-order valence-electron chi connectivity index (χ4n) is 3.59. The molecule has 0 bridgehead atoms. The second-order valence-corrected chi connectivity index (χ2v) is 7.59. The van der Waals surface area contributed by atoms with Gasteiger partial charge in [0.25, 0.3) is 5.91 Å². The zero-order valence-electron chi connectivity index (χ0n) is 17.7. The summed E-state index contributed by atoms with van der Waals surface area (Å²) < 4.78 is 29.4. The first kappa shape index (κ1) is 21.4. The van der Waals surface area contributed by atoms with Gasteiger partial charge in [-0.2, -0.15) is 10.1 Å². The monoisotopic (exact) mass is 439 g/mol. The second kappa shape index (κ2) is 8.74. The number of nitrogens with two attached hydrogens (primary N) is 1. The molecule has 0 spiro atoms. The fraction of sp³-hybridized carbons (Fsp3) is 0.273. The maximum Gasteiger partial charge on any atom is 0.255 e. The molecule has 1 aromatic carbocycles. The Balaban J connectivity index is 1.73. The molecular formula is C22H23F2N7O. The van der Waals surface area contributed by atoms with E-state index in [9.17, 15) is 13.6 Å². The molecule has 2 unspecified atom stereocenters. The lowest BCUT2D eigenvalue weighted by molar-refractivity contribution is 0.0935. The summed E-state index contributed by atoms with van der Waals surface area (Å²) in [6.45, 7) is 2.90. The van der Waals surface area contributed by atoms with Gasteiger partial charge < -0.3 is 11.1 Å². The number of benzene rings is 1. The van der Waals surface area contributed by atoms with Crippen LogP contribution in [0.1, 0.15) is 42.2 Å². The number of amides is 1. The number of nitrogens with zero attached hydrogens (tertiary/aromatic N) is 5. The van der Waals surface area contributed by atoms with E-state index >= 15 is 0 Å². The van der Waals surface area contributed by atoms with Gasteiger partial charge in [0.2, 0.25) is 5.95 Å². The fourth-order valence-corrected chi connectivity index (χ4v) is 3.59. The van der Waals surface area contributed by atoms with E-state index < -0.39 is 18.6 Å². The summed E-state index contributed by atoms with van der Waals surface area (Å²) in [4.78, 5) is 16.9. The van der Waals surface area contributed by atoms with E-state index in [0.717, 1.165) is 17.5 Å². The number of halogens is 2. The van der Waals surface area contributed by atoms with Gasteiger partial charge in [0.15, 0.2) is 5.65 Å². The minimum absolute atomic E-state index is 0.0211. The van der Waals surface area contributed by atoms with Crippen LogP contribution in [0.5, 0.6) is 0 Å². The Morgan fingerprint density at radius 1 is 1.22 bits per heavy atom. The first-order valence-corrected chi connectivity index (χ1v) is 10.2. The number of hydrogen-bond donors (Lipinski definition) is 2. The van der Waals surface area contributed by atoms with Crippen LogP contribution in [0.3, 0.4) is 0 Å². The molecule has 0 aliphatic carbocycles. The Hall–Kier alpha value is -3.82. The van der Waals surface area contributed by atoms with Gasteiger partial charge in [-0.3, -0.25) is 9.48 Å². The molecular weight excluding hydrogens is 416 g/mol. The summed E-state index contributed by atoms with van der Waals surface area (Å²) in [5.74, 6) is -0.745.